The molecular weight excluding hydrogens is 336 g/mol. The maximum atomic E-state index is 11.8. The first kappa shape index (κ1) is 24.4. The molecule has 0 aliphatic carbocycles. The summed E-state index contributed by atoms with van der Waals surface area (Å²) in [5, 5.41) is 8.54. The van der Waals surface area contributed by atoms with Crippen LogP contribution in [0, 0.1) is 11.3 Å². The number of esters is 2. The predicted molar refractivity (Wildman–Crippen MR) is 99.7 cm³/mol. The number of hydrogen-bond acceptors (Lipinski definition) is 5. The first-order chi connectivity index (χ1) is 12.1. The van der Waals surface area contributed by atoms with Gasteiger partial charge in [0.2, 0.25) is 0 Å². The van der Waals surface area contributed by atoms with Gasteiger partial charge in [-0.05, 0) is 25.2 Å². The van der Waals surface area contributed by atoms with Gasteiger partial charge in [0.15, 0.2) is 0 Å². The molecule has 6 heteroatoms. The molecule has 0 radical (unpaired) electrons. The third kappa shape index (κ3) is 15.9. The van der Waals surface area contributed by atoms with E-state index < -0.39 is 11.4 Å². The zero-order valence-corrected chi connectivity index (χ0v) is 16.8. The Morgan fingerprint density at radius 2 is 1.27 bits per heavy atom. The van der Waals surface area contributed by atoms with Gasteiger partial charge in [-0.3, -0.25) is 14.4 Å². The summed E-state index contributed by atoms with van der Waals surface area (Å²) in [6, 6.07) is 0. The zero-order chi connectivity index (χ0) is 20.0. The quantitative estimate of drug-likeness (QED) is 0.339. The van der Waals surface area contributed by atoms with Crippen LogP contribution < -0.4 is 0 Å². The van der Waals surface area contributed by atoms with Gasteiger partial charge in [0.05, 0.1) is 13.2 Å². The van der Waals surface area contributed by atoms with E-state index in [-0.39, 0.29) is 38.0 Å². The molecule has 152 valence electrons. The minimum atomic E-state index is -0.860. The minimum absolute atomic E-state index is 0.0617. The standard InChI is InChI=1S/C20H36O6/c1-16(2)10-6-5-7-12-18(23)25-14-20(3,4)15-26-19(24)13-9-8-11-17(21)22/h16H,5-15H2,1-4H3,(H,21,22). The predicted octanol–water partition coefficient (Wildman–Crippen LogP) is 4.35. The molecule has 1 N–H and O–H groups in total. The van der Waals surface area contributed by atoms with E-state index in [1.807, 2.05) is 13.8 Å². The van der Waals surface area contributed by atoms with Gasteiger partial charge in [-0.1, -0.05) is 47.0 Å². The highest BCUT2D eigenvalue weighted by atomic mass is 16.5. The van der Waals surface area contributed by atoms with Gasteiger partial charge in [0.25, 0.3) is 0 Å². The highest BCUT2D eigenvalue weighted by molar-refractivity contribution is 5.70. The van der Waals surface area contributed by atoms with Crippen molar-refractivity contribution in [3.05, 3.63) is 0 Å². The van der Waals surface area contributed by atoms with E-state index in [0.29, 0.717) is 25.2 Å². The average Bonchev–Trinajstić information content (AvgIpc) is 2.54. The molecule has 0 saturated carbocycles. The lowest BCUT2D eigenvalue weighted by Gasteiger charge is -2.23. The normalized spacial score (nSPS) is 11.4. The van der Waals surface area contributed by atoms with Crippen LogP contribution in [-0.4, -0.2) is 36.2 Å². The summed E-state index contributed by atoms with van der Waals surface area (Å²) < 4.78 is 10.5. The summed E-state index contributed by atoms with van der Waals surface area (Å²) >= 11 is 0. The highest BCUT2D eigenvalue weighted by Crippen LogP contribution is 2.18. The Bertz CT molecular complexity index is 428. The molecule has 0 amide bonds. The first-order valence-electron chi connectivity index (χ1n) is 9.65. The number of carbonyl (C=O) groups excluding carboxylic acids is 2. The molecule has 0 aliphatic rings. The van der Waals surface area contributed by atoms with Gasteiger partial charge in [0, 0.05) is 24.7 Å². The first-order valence-corrected chi connectivity index (χ1v) is 9.65. The molecule has 0 fully saturated rings. The van der Waals surface area contributed by atoms with E-state index in [0.717, 1.165) is 19.3 Å². The van der Waals surface area contributed by atoms with Crippen molar-refractivity contribution >= 4 is 17.9 Å². The second-order valence-corrected chi connectivity index (χ2v) is 8.08. The van der Waals surface area contributed by atoms with Crippen molar-refractivity contribution < 1.29 is 29.0 Å². The number of carboxylic acids is 1. The molecule has 0 aromatic carbocycles. The molecule has 0 aromatic heterocycles. The summed E-state index contributed by atoms with van der Waals surface area (Å²) in [6.45, 7) is 8.52. The third-order valence-electron chi connectivity index (χ3n) is 3.93. The van der Waals surface area contributed by atoms with E-state index in [1.54, 1.807) is 0 Å². The van der Waals surface area contributed by atoms with Crippen LogP contribution in [0.3, 0.4) is 0 Å². The topological polar surface area (TPSA) is 89.9 Å². The molecule has 0 rings (SSSR count). The smallest absolute Gasteiger partial charge is 0.305 e. The lowest BCUT2D eigenvalue weighted by atomic mass is 9.96. The molecule has 0 heterocycles. The fourth-order valence-corrected chi connectivity index (χ4v) is 2.28. The third-order valence-corrected chi connectivity index (χ3v) is 3.93. The van der Waals surface area contributed by atoms with Crippen LogP contribution in [0.4, 0.5) is 0 Å². The molecule has 26 heavy (non-hydrogen) atoms. The number of unbranched alkanes of at least 4 members (excludes halogenated alkanes) is 3. The van der Waals surface area contributed by atoms with Gasteiger partial charge in [-0.25, -0.2) is 0 Å². The van der Waals surface area contributed by atoms with Crippen molar-refractivity contribution in [2.75, 3.05) is 13.2 Å². The summed E-state index contributed by atoms with van der Waals surface area (Å²) in [5.74, 6) is -0.716. The van der Waals surface area contributed by atoms with Gasteiger partial charge in [0.1, 0.15) is 0 Å². The zero-order valence-electron chi connectivity index (χ0n) is 16.8. The van der Waals surface area contributed by atoms with Crippen LogP contribution in [-0.2, 0) is 23.9 Å². The molecule has 6 nitrogen and oxygen atoms in total. The van der Waals surface area contributed by atoms with Crippen LogP contribution in [0.15, 0.2) is 0 Å². The Morgan fingerprint density at radius 3 is 1.73 bits per heavy atom. The number of aliphatic carboxylic acids is 1. The maximum absolute atomic E-state index is 11.8. The van der Waals surface area contributed by atoms with Crippen molar-refractivity contribution in [3.63, 3.8) is 0 Å². The SMILES string of the molecule is CC(C)CCCCCC(=O)OCC(C)(C)COC(=O)CCCCC(=O)O. The van der Waals surface area contributed by atoms with Crippen molar-refractivity contribution in [3.8, 4) is 0 Å². The van der Waals surface area contributed by atoms with E-state index >= 15 is 0 Å². The Labute approximate surface area is 157 Å². The molecule has 0 atom stereocenters. The Balaban J connectivity index is 3.80. The Hall–Kier alpha value is -1.59. The molecule has 0 aromatic rings. The van der Waals surface area contributed by atoms with Gasteiger partial charge in [-0.15, -0.1) is 0 Å². The van der Waals surface area contributed by atoms with Crippen LogP contribution in [0.5, 0.6) is 0 Å². The maximum Gasteiger partial charge on any atom is 0.305 e. The largest absolute Gasteiger partial charge is 0.481 e. The molecule has 0 spiro atoms. The number of carbonyl (C=O) groups is 3. The fourth-order valence-electron chi connectivity index (χ4n) is 2.28. The summed E-state index contributed by atoms with van der Waals surface area (Å²) in [6.07, 6.45) is 5.86. The summed E-state index contributed by atoms with van der Waals surface area (Å²) in [7, 11) is 0. The molecule has 0 aliphatic heterocycles. The van der Waals surface area contributed by atoms with E-state index in [9.17, 15) is 14.4 Å². The number of rotatable bonds is 15. The molecule has 0 unspecified atom stereocenters. The second-order valence-electron chi connectivity index (χ2n) is 8.08. The molecule has 0 bridgehead atoms. The highest BCUT2D eigenvalue weighted by Gasteiger charge is 2.22. The van der Waals surface area contributed by atoms with E-state index in [4.69, 9.17) is 14.6 Å². The van der Waals surface area contributed by atoms with E-state index in [2.05, 4.69) is 13.8 Å². The molecular formula is C20H36O6. The van der Waals surface area contributed by atoms with Crippen molar-refractivity contribution in [2.45, 2.75) is 85.5 Å². The van der Waals surface area contributed by atoms with Crippen molar-refractivity contribution in [1.82, 2.24) is 0 Å². The van der Waals surface area contributed by atoms with Crippen LogP contribution in [0.2, 0.25) is 0 Å². The van der Waals surface area contributed by atoms with E-state index in [1.165, 1.54) is 6.42 Å². The fraction of sp³-hybridized carbons (Fsp3) is 0.850. The summed E-state index contributed by atoms with van der Waals surface area (Å²) in [4.78, 5) is 33.8. The summed E-state index contributed by atoms with van der Waals surface area (Å²) in [5.41, 5.74) is -0.440. The molecule has 0 saturated heterocycles. The monoisotopic (exact) mass is 372 g/mol. The number of ether oxygens (including phenoxy) is 2. The van der Waals surface area contributed by atoms with Crippen molar-refractivity contribution in [1.29, 1.82) is 0 Å². The lowest BCUT2D eigenvalue weighted by molar-refractivity contribution is -0.153. The van der Waals surface area contributed by atoms with Gasteiger partial charge in [-0.2, -0.15) is 0 Å². The number of carboxylic acid groups (broad SMARTS) is 1. The lowest BCUT2D eigenvalue weighted by Crippen LogP contribution is -2.28. The van der Waals surface area contributed by atoms with Gasteiger partial charge < -0.3 is 14.6 Å². The van der Waals surface area contributed by atoms with Crippen molar-refractivity contribution in [2.24, 2.45) is 11.3 Å². The average molecular weight is 373 g/mol. The van der Waals surface area contributed by atoms with Gasteiger partial charge >= 0.3 is 17.9 Å². The Kier molecular flexibility index (Phi) is 12.8. The van der Waals surface area contributed by atoms with Crippen LogP contribution in [0.1, 0.15) is 85.5 Å². The minimum Gasteiger partial charge on any atom is -0.481 e. The Morgan fingerprint density at radius 1 is 0.808 bits per heavy atom. The van der Waals surface area contributed by atoms with Crippen LogP contribution in [0.25, 0.3) is 0 Å². The van der Waals surface area contributed by atoms with Crippen LogP contribution >= 0.6 is 0 Å². The number of hydrogen-bond donors (Lipinski definition) is 1. The second kappa shape index (κ2) is 13.6.